The molecule has 2 heterocycles. The number of nitrogens with one attached hydrogen (secondary N) is 1. The summed E-state index contributed by atoms with van der Waals surface area (Å²) < 4.78 is 12.3. The van der Waals surface area contributed by atoms with Crippen molar-refractivity contribution in [3.63, 3.8) is 0 Å². The molecule has 158 valence electrons. The van der Waals surface area contributed by atoms with E-state index in [9.17, 15) is 9.59 Å². The molecular formula is C20H27ClN4O4. The SMILES string of the molecule is COC(=O)c1cc2cnc(Cl)nc2n1C1(CNC(=O)OC(C)(C)C)CCCCC1. The zero-order valence-electron chi connectivity index (χ0n) is 17.2. The highest BCUT2D eigenvalue weighted by Gasteiger charge is 2.39. The molecule has 0 spiro atoms. The Labute approximate surface area is 174 Å². The maximum atomic E-state index is 12.6. The fourth-order valence-corrected chi connectivity index (χ4v) is 4.07. The van der Waals surface area contributed by atoms with Gasteiger partial charge in [0.2, 0.25) is 5.28 Å². The van der Waals surface area contributed by atoms with E-state index in [2.05, 4.69) is 15.3 Å². The first-order valence-corrected chi connectivity index (χ1v) is 10.1. The number of amides is 1. The standard InChI is InChI=1S/C20H27ClN4O4/c1-19(2,3)29-18(27)23-12-20(8-6-5-7-9-20)25-14(16(26)28-4)10-13-11-22-17(21)24-15(13)25/h10-11H,5-9,12H2,1-4H3,(H,23,27). The normalized spacial score (nSPS) is 16.4. The summed E-state index contributed by atoms with van der Waals surface area (Å²) in [6.45, 7) is 5.75. The van der Waals surface area contributed by atoms with Crippen LogP contribution in [0, 0.1) is 0 Å². The molecule has 0 atom stereocenters. The van der Waals surface area contributed by atoms with E-state index in [1.165, 1.54) is 7.11 Å². The number of alkyl carbamates (subject to hydrolysis) is 1. The molecule has 0 aromatic carbocycles. The van der Waals surface area contributed by atoms with Crippen LogP contribution >= 0.6 is 11.6 Å². The van der Waals surface area contributed by atoms with Crippen LogP contribution in [-0.4, -0.2) is 45.9 Å². The summed E-state index contributed by atoms with van der Waals surface area (Å²) >= 11 is 6.06. The first-order valence-electron chi connectivity index (χ1n) is 9.75. The maximum absolute atomic E-state index is 12.6. The Morgan fingerprint density at radius 1 is 1.28 bits per heavy atom. The third-order valence-corrected chi connectivity index (χ3v) is 5.31. The van der Waals surface area contributed by atoms with E-state index < -0.39 is 23.2 Å². The molecule has 0 unspecified atom stereocenters. The van der Waals surface area contributed by atoms with E-state index in [1.54, 1.807) is 12.3 Å². The third kappa shape index (κ3) is 4.63. The molecule has 1 saturated carbocycles. The van der Waals surface area contributed by atoms with Crippen molar-refractivity contribution >= 4 is 34.7 Å². The first-order chi connectivity index (χ1) is 13.6. The molecule has 1 amide bonds. The molecule has 0 aliphatic heterocycles. The zero-order valence-corrected chi connectivity index (χ0v) is 18.0. The van der Waals surface area contributed by atoms with Gasteiger partial charge in [0.05, 0.1) is 12.6 Å². The summed E-state index contributed by atoms with van der Waals surface area (Å²) in [5.41, 5.74) is -0.217. The van der Waals surface area contributed by atoms with Gasteiger partial charge in [-0.1, -0.05) is 19.3 Å². The highest BCUT2D eigenvalue weighted by Crippen LogP contribution is 2.39. The van der Waals surface area contributed by atoms with Crippen molar-refractivity contribution in [2.45, 2.75) is 64.0 Å². The molecule has 1 aliphatic carbocycles. The van der Waals surface area contributed by atoms with E-state index >= 15 is 0 Å². The Morgan fingerprint density at radius 3 is 2.59 bits per heavy atom. The summed E-state index contributed by atoms with van der Waals surface area (Å²) in [6.07, 6.45) is 5.68. The first kappa shape index (κ1) is 21.4. The minimum absolute atomic E-state index is 0.0966. The van der Waals surface area contributed by atoms with E-state index in [1.807, 2.05) is 25.3 Å². The molecule has 1 N–H and O–H groups in total. The Kier molecular flexibility index (Phi) is 6.03. The molecule has 1 fully saturated rings. The average Bonchev–Trinajstić information content (AvgIpc) is 3.04. The van der Waals surface area contributed by atoms with E-state index in [0.29, 0.717) is 23.3 Å². The minimum atomic E-state index is -0.595. The second-order valence-electron chi connectivity index (χ2n) is 8.41. The maximum Gasteiger partial charge on any atom is 0.407 e. The van der Waals surface area contributed by atoms with Crippen LogP contribution in [0.3, 0.4) is 0 Å². The summed E-state index contributed by atoms with van der Waals surface area (Å²) in [7, 11) is 1.34. The third-order valence-electron chi connectivity index (χ3n) is 5.13. The summed E-state index contributed by atoms with van der Waals surface area (Å²) in [5, 5.41) is 3.68. The Morgan fingerprint density at radius 2 is 1.97 bits per heavy atom. The Balaban J connectivity index is 2.06. The minimum Gasteiger partial charge on any atom is -0.464 e. The molecule has 1 aliphatic rings. The molecule has 8 nitrogen and oxygen atoms in total. The molecule has 2 aromatic rings. The van der Waals surface area contributed by atoms with Gasteiger partial charge in [-0.15, -0.1) is 0 Å². The van der Waals surface area contributed by atoms with Crippen molar-refractivity contribution in [3.05, 3.63) is 23.2 Å². The Hall–Kier alpha value is -2.35. The quantitative estimate of drug-likeness (QED) is 0.589. The average molecular weight is 423 g/mol. The lowest BCUT2D eigenvalue weighted by molar-refractivity contribution is 0.0483. The van der Waals surface area contributed by atoms with Gasteiger partial charge in [-0.3, -0.25) is 0 Å². The molecule has 29 heavy (non-hydrogen) atoms. The molecule has 9 heteroatoms. The highest BCUT2D eigenvalue weighted by molar-refractivity contribution is 6.28. The highest BCUT2D eigenvalue weighted by atomic mass is 35.5. The van der Waals surface area contributed by atoms with Gasteiger partial charge in [0.15, 0.2) is 0 Å². The van der Waals surface area contributed by atoms with Crippen LogP contribution < -0.4 is 5.32 Å². The fraction of sp³-hybridized carbons (Fsp3) is 0.600. The van der Waals surface area contributed by atoms with Crippen LogP contribution in [0.5, 0.6) is 0 Å². The zero-order chi connectivity index (χ0) is 21.2. The number of rotatable bonds is 4. The van der Waals surface area contributed by atoms with Crippen molar-refractivity contribution in [3.8, 4) is 0 Å². The molecule has 2 aromatic heterocycles. The molecule has 0 bridgehead atoms. The smallest absolute Gasteiger partial charge is 0.407 e. The van der Waals surface area contributed by atoms with Crippen molar-refractivity contribution in [2.24, 2.45) is 0 Å². The number of methoxy groups -OCH3 is 1. The van der Waals surface area contributed by atoms with Gasteiger partial charge in [0, 0.05) is 18.1 Å². The molecular weight excluding hydrogens is 396 g/mol. The van der Waals surface area contributed by atoms with Gasteiger partial charge in [0.25, 0.3) is 0 Å². The van der Waals surface area contributed by atoms with Gasteiger partial charge in [-0.05, 0) is 51.3 Å². The van der Waals surface area contributed by atoms with Gasteiger partial charge in [-0.25, -0.2) is 14.6 Å². The van der Waals surface area contributed by atoms with Crippen molar-refractivity contribution in [1.82, 2.24) is 19.9 Å². The van der Waals surface area contributed by atoms with Gasteiger partial charge in [-0.2, -0.15) is 4.98 Å². The number of ether oxygens (including phenoxy) is 2. The second kappa shape index (κ2) is 8.18. The number of halogens is 1. The molecule has 0 saturated heterocycles. The monoisotopic (exact) mass is 422 g/mol. The number of hydrogen-bond donors (Lipinski definition) is 1. The van der Waals surface area contributed by atoms with Gasteiger partial charge in [0.1, 0.15) is 16.9 Å². The number of hydrogen-bond acceptors (Lipinski definition) is 6. The largest absolute Gasteiger partial charge is 0.464 e. The van der Waals surface area contributed by atoms with Gasteiger partial charge >= 0.3 is 12.1 Å². The number of nitrogens with zero attached hydrogens (tertiary/aromatic N) is 3. The van der Waals surface area contributed by atoms with E-state index in [4.69, 9.17) is 21.1 Å². The van der Waals surface area contributed by atoms with Crippen LogP contribution in [0.25, 0.3) is 11.0 Å². The Bertz CT molecular complexity index is 913. The van der Waals surface area contributed by atoms with Crippen molar-refractivity contribution < 1.29 is 19.1 Å². The summed E-state index contributed by atoms with van der Waals surface area (Å²) in [6, 6.07) is 1.71. The van der Waals surface area contributed by atoms with Gasteiger partial charge < -0.3 is 19.4 Å². The van der Waals surface area contributed by atoms with Crippen LogP contribution in [0.1, 0.15) is 63.4 Å². The van der Waals surface area contributed by atoms with E-state index in [0.717, 1.165) is 32.1 Å². The predicted molar refractivity (Wildman–Crippen MR) is 109 cm³/mol. The summed E-state index contributed by atoms with van der Waals surface area (Å²) in [5.74, 6) is -0.471. The summed E-state index contributed by atoms with van der Waals surface area (Å²) in [4.78, 5) is 33.3. The van der Waals surface area contributed by atoms with Crippen LogP contribution in [0.15, 0.2) is 12.3 Å². The fourth-order valence-electron chi connectivity index (χ4n) is 3.94. The molecule has 0 radical (unpaired) electrons. The number of fused-ring (bicyclic) bond motifs is 1. The lowest BCUT2D eigenvalue weighted by Gasteiger charge is -2.40. The van der Waals surface area contributed by atoms with Crippen LogP contribution in [0.2, 0.25) is 5.28 Å². The second-order valence-corrected chi connectivity index (χ2v) is 8.75. The van der Waals surface area contributed by atoms with Crippen molar-refractivity contribution in [1.29, 1.82) is 0 Å². The van der Waals surface area contributed by atoms with Crippen LogP contribution in [-0.2, 0) is 15.0 Å². The van der Waals surface area contributed by atoms with Crippen LogP contribution in [0.4, 0.5) is 4.79 Å². The predicted octanol–water partition coefficient (Wildman–Crippen LogP) is 4.06. The number of carbonyl (C=O) groups excluding carboxylic acids is 2. The lowest BCUT2D eigenvalue weighted by atomic mass is 9.81. The number of carbonyl (C=O) groups is 2. The topological polar surface area (TPSA) is 95.3 Å². The number of aromatic nitrogens is 3. The number of esters is 1. The lowest BCUT2D eigenvalue weighted by Crippen LogP contribution is -2.48. The van der Waals surface area contributed by atoms with Crippen molar-refractivity contribution in [2.75, 3.05) is 13.7 Å². The van der Waals surface area contributed by atoms with E-state index in [-0.39, 0.29) is 5.28 Å². The molecule has 3 rings (SSSR count).